The van der Waals surface area contributed by atoms with E-state index in [-0.39, 0.29) is 17.0 Å². The second kappa shape index (κ2) is 12.2. The molecule has 1 aliphatic heterocycles. The van der Waals surface area contributed by atoms with Gasteiger partial charge in [0.2, 0.25) is 5.91 Å². The summed E-state index contributed by atoms with van der Waals surface area (Å²) in [4.78, 5) is 16.5. The number of benzene rings is 4. The third-order valence-electron chi connectivity index (χ3n) is 10.5. The van der Waals surface area contributed by atoms with E-state index in [1.807, 2.05) is 53.4 Å². The van der Waals surface area contributed by atoms with Crippen molar-refractivity contribution in [3.63, 3.8) is 0 Å². The van der Waals surface area contributed by atoms with E-state index < -0.39 is 19.3 Å². The Morgan fingerprint density at radius 3 is 2.00 bits per heavy atom. The standard InChI is InChI=1S/C39H44BrNO3Si/c1-37(2,3)45(4,5)44-39(30-17-11-7-12-18-30)25-23-38(24-26-39)35(41(36(38)42)32-19-13-8-14-20-32)33-22-21-31(40)27-34(33)43-28-29-15-9-6-10-16-29/h6-22,27,35H,23-26,28H2,1-5H3/t35-,38?,39?/m1/s1. The fourth-order valence-corrected chi connectivity index (χ4v) is 8.91. The number of nitrogens with zero attached hydrogens (tertiary/aromatic N) is 1. The Morgan fingerprint density at radius 1 is 0.822 bits per heavy atom. The summed E-state index contributed by atoms with van der Waals surface area (Å²) in [6, 6.07) is 37.2. The summed E-state index contributed by atoms with van der Waals surface area (Å²) in [7, 11) is -2.13. The van der Waals surface area contributed by atoms with E-state index in [1.54, 1.807) is 0 Å². The maximum Gasteiger partial charge on any atom is 0.236 e. The van der Waals surface area contributed by atoms with Crippen molar-refractivity contribution in [3.8, 4) is 5.75 Å². The Balaban J connectivity index is 1.39. The van der Waals surface area contributed by atoms with E-state index in [2.05, 4.69) is 110 Å². The van der Waals surface area contributed by atoms with Gasteiger partial charge in [-0.1, -0.05) is 122 Å². The highest BCUT2D eigenvalue weighted by molar-refractivity contribution is 9.10. The molecular formula is C39H44BrNO3Si. The highest BCUT2D eigenvalue weighted by atomic mass is 79.9. The van der Waals surface area contributed by atoms with Crippen LogP contribution in [0.2, 0.25) is 18.1 Å². The number of amides is 1. The quantitative estimate of drug-likeness (QED) is 0.137. The van der Waals surface area contributed by atoms with Gasteiger partial charge in [0.25, 0.3) is 0 Å². The zero-order valence-electron chi connectivity index (χ0n) is 27.1. The molecule has 0 radical (unpaired) electrons. The van der Waals surface area contributed by atoms with Crippen LogP contribution in [0, 0.1) is 5.41 Å². The third-order valence-corrected chi connectivity index (χ3v) is 15.5. The second-order valence-electron chi connectivity index (χ2n) is 14.2. The normalized spacial score (nSPS) is 23.6. The van der Waals surface area contributed by atoms with Gasteiger partial charge in [-0.2, -0.15) is 0 Å². The SMILES string of the molecule is CC(C)(C)[Si](C)(C)OC1(c2ccccc2)CCC2(CC1)C(=O)N(c1ccccc1)[C@@H]2c1ccc(Br)cc1OCc1ccccc1. The van der Waals surface area contributed by atoms with Gasteiger partial charge in [-0.15, -0.1) is 0 Å². The minimum absolute atomic E-state index is 0.0747. The van der Waals surface area contributed by atoms with Crippen molar-refractivity contribution in [2.45, 2.75) is 82.8 Å². The maximum atomic E-state index is 14.5. The summed E-state index contributed by atoms with van der Waals surface area (Å²) < 4.78 is 14.9. The fourth-order valence-electron chi connectivity index (χ4n) is 6.96. The minimum atomic E-state index is -2.13. The van der Waals surface area contributed by atoms with Crippen molar-refractivity contribution in [3.05, 3.63) is 130 Å². The molecular weight excluding hydrogens is 638 g/mol. The maximum absolute atomic E-state index is 14.5. The summed E-state index contributed by atoms with van der Waals surface area (Å²) >= 11 is 3.68. The van der Waals surface area contributed by atoms with Crippen LogP contribution in [-0.2, 0) is 21.4 Å². The van der Waals surface area contributed by atoms with Crippen molar-refractivity contribution in [2.75, 3.05) is 4.90 Å². The highest BCUT2D eigenvalue weighted by Crippen LogP contribution is 2.64. The molecule has 45 heavy (non-hydrogen) atoms. The number of hydrogen-bond donors (Lipinski definition) is 0. The predicted octanol–water partition coefficient (Wildman–Crippen LogP) is 10.6. The fraction of sp³-hybridized carbons (Fsp3) is 0.359. The predicted molar refractivity (Wildman–Crippen MR) is 189 cm³/mol. The second-order valence-corrected chi connectivity index (χ2v) is 19.9. The Hall–Kier alpha value is -3.19. The lowest BCUT2D eigenvalue weighted by Gasteiger charge is -2.61. The average Bonchev–Trinajstić information content (AvgIpc) is 3.04. The van der Waals surface area contributed by atoms with Gasteiger partial charge in [0, 0.05) is 15.7 Å². The van der Waals surface area contributed by atoms with Gasteiger partial charge in [-0.3, -0.25) is 4.79 Å². The zero-order chi connectivity index (χ0) is 31.9. The molecule has 2 aliphatic rings. The van der Waals surface area contributed by atoms with Crippen LogP contribution in [0.25, 0.3) is 0 Å². The summed E-state index contributed by atoms with van der Waals surface area (Å²) in [5.41, 5.74) is 3.35. The number of hydrogen-bond acceptors (Lipinski definition) is 3. The number of anilines is 1. The zero-order valence-corrected chi connectivity index (χ0v) is 29.6. The highest BCUT2D eigenvalue weighted by Gasteiger charge is 2.65. The molecule has 6 heteroatoms. The number of halogens is 1. The van der Waals surface area contributed by atoms with Gasteiger partial charge in [-0.05, 0) is 79.2 Å². The molecule has 4 nitrogen and oxygen atoms in total. The molecule has 0 bridgehead atoms. The monoisotopic (exact) mass is 681 g/mol. The van der Waals surface area contributed by atoms with Gasteiger partial charge in [-0.25, -0.2) is 0 Å². The molecule has 4 aromatic carbocycles. The smallest absolute Gasteiger partial charge is 0.236 e. The van der Waals surface area contributed by atoms with E-state index in [9.17, 15) is 4.79 Å². The van der Waals surface area contributed by atoms with Crippen LogP contribution >= 0.6 is 15.9 Å². The largest absolute Gasteiger partial charge is 0.489 e. The molecule has 1 saturated heterocycles. The van der Waals surface area contributed by atoms with Crippen LogP contribution in [0.5, 0.6) is 5.75 Å². The van der Waals surface area contributed by atoms with Crippen LogP contribution in [-0.4, -0.2) is 14.2 Å². The Kier molecular flexibility index (Phi) is 8.61. The molecule has 1 amide bonds. The first-order valence-corrected chi connectivity index (χ1v) is 19.8. The molecule has 234 valence electrons. The van der Waals surface area contributed by atoms with Crippen LogP contribution in [0.3, 0.4) is 0 Å². The summed E-state index contributed by atoms with van der Waals surface area (Å²) in [5, 5.41) is 0.0747. The number of para-hydroxylation sites is 1. The minimum Gasteiger partial charge on any atom is -0.489 e. The van der Waals surface area contributed by atoms with Gasteiger partial charge in [0.05, 0.1) is 17.1 Å². The van der Waals surface area contributed by atoms with E-state index >= 15 is 0 Å². The van der Waals surface area contributed by atoms with Gasteiger partial charge >= 0.3 is 0 Å². The van der Waals surface area contributed by atoms with Crippen LogP contribution < -0.4 is 9.64 Å². The number of carbonyl (C=O) groups excluding carboxylic acids is 1. The molecule has 6 rings (SSSR count). The molecule has 0 N–H and O–H groups in total. The van der Waals surface area contributed by atoms with E-state index in [0.29, 0.717) is 6.61 Å². The van der Waals surface area contributed by atoms with Gasteiger partial charge in [0.1, 0.15) is 12.4 Å². The van der Waals surface area contributed by atoms with Gasteiger partial charge in [0.15, 0.2) is 8.32 Å². The molecule has 0 aromatic heterocycles. The Labute approximate surface area is 278 Å². The molecule has 0 unspecified atom stereocenters. The first kappa shape index (κ1) is 31.8. The first-order valence-electron chi connectivity index (χ1n) is 16.1. The van der Waals surface area contributed by atoms with E-state index in [0.717, 1.165) is 52.7 Å². The summed E-state index contributed by atoms with van der Waals surface area (Å²) in [6.45, 7) is 12.0. The van der Waals surface area contributed by atoms with Crippen molar-refractivity contribution in [2.24, 2.45) is 5.41 Å². The van der Waals surface area contributed by atoms with Crippen LogP contribution in [0.1, 0.15) is 69.2 Å². The van der Waals surface area contributed by atoms with Crippen molar-refractivity contribution in [1.82, 2.24) is 0 Å². The lowest BCUT2D eigenvalue weighted by molar-refractivity contribution is -0.149. The number of ether oxygens (including phenoxy) is 1. The Bertz CT molecular complexity index is 1630. The average molecular weight is 683 g/mol. The van der Waals surface area contributed by atoms with Crippen molar-refractivity contribution in [1.29, 1.82) is 0 Å². The summed E-state index contributed by atoms with van der Waals surface area (Å²) in [6.07, 6.45) is 3.09. The van der Waals surface area contributed by atoms with E-state index in [4.69, 9.17) is 9.16 Å². The number of carbonyl (C=O) groups is 1. The first-order chi connectivity index (χ1) is 21.5. The molecule has 1 spiro atoms. The lowest BCUT2D eigenvalue weighted by Crippen LogP contribution is -2.66. The van der Waals surface area contributed by atoms with Crippen LogP contribution in [0.4, 0.5) is 5.69 Å². The number of β-lactam (4-membered cyclic amide) rings is 1. The molecule has 4 aromatic rings. The molecule has 2 fully saturated rings. The van der Waals surface area contributed by atoms with Crippen molar-refractivity contribution < 1.29 is 14.0 Å². The summed E-state index contributed by atoms with van der Waals surface area (Å²) in [5.74, 6) is 1.01. The molecule has 1 saturated carbocycles. The van der Waals surface area contributed by atoms with E-state index in [1.165, 1.54) is 5.56 Å². The molecule has 1 atom stereocenters. The molecule has 1 heterocycles. The lowest BCUT2D eigenvalue weighted by atomic mass is 9.56. The number of rotatable bonds is 8. The van der Waals surface area contributed by atoms with Crippen molar-refractivity contribution >= 4 is 35.8 Å². The molecule has 1 aliphatic carbocycles. The third kappa shape index (κ3) is 5.93. The Morgan fingerprint density at radius 2 is 1.40 bits per heavy atom. The van der Waals surface area contributed by atoms with Gasteiger partial charge < -0.3 is 14.1 Å². The topological polar surface area (TPSA) is 38.8 Å². The van der Waals surface area contributed by atoms with Crippen LogP contribution in [0.15, 0.2) is 114 Å².